The molecule has 0 bridgehead atoms. The number of hydrogen-bond acceptors (Lipinski definition) is 4. The molecule has 20 heavy (non-hydrogen) atoms. The SMILES string of the molecule is Cc1ncc(CN2CCCC[C@H]2CN2CCOCC2)[nH]1. The van der Waals surface area contributed by atoms with Gasteiger partial charge in [-0.25, -0.2) is 4.98 Å². The highest BCUT2D eigenvalue weighted by molar-refractivity contribution is 5.00. The molecule has 112 valence electrons. The standard InChI is InChI=1S/C15H26N4O/c1-13-16-10-14(17-13)11-19-5-3-2-4-15(19)12-18-6-8-20-9-7-18/h10,15H,2-9,11-12H2,1H3,(H,16,17)/t15-/m0/s1. The maximum Gasteiger partial charge on any atom is 0.103 e. The van der Waals surface area contributed by atoms with E-state index in [1.165, 1.54) is 38.0 Å². The molecule has 2 aliphatic rings. The van der Waals surface area contributed by atoms with E-state index in [-0.39, 0.29) is 0 Å². The van der Waals surface area contributed by atoms with E-state index in [1.807, 2.05) is 13.1 Å². The molecule has 3 rings (SSSR count). The van der Waals surface area contributed by atoms with Crippen molar-refractivity contribution in [3.05, 3.63) is 17.7 Å². The van der Waals surface area contributed by atoms with E-state index >= 15 is 0 Å². The van der Waals surface area contributed by atoms with Crippen LogP contribution in [0.5, 0.6) is 0 Å². The predicted molar refractivity (Wildman–Crippen MR) is 78.6 cm³/mol. The number of aromatic nitrogens is 2. The lowest BCUT2D eigenvalue weighted by Gasteiger charge is -2.39. The van der Waals surface area contributed by atoms with Crippen LogP contribution in [0.15, 0.2) is 6.20 Å². The van der Waals surface area contributed by atoms with E-state index in [4.69, 9.17) is 4.74 Å². The van der Waals surface area contributed by atoms with Gasteiger partial charge in [0.25, 0.3) is 0 Å². The molecule has 3 heterocycles. The lowest BCUT2D eigenvalue weighted by molar-refractivity contribution is 0.0151. The minimum Gasteiger partial charge on any atom is -0.379 e. The van der Waals surface area contributed by atoms with Crippen molar-refractivity contribution in [1.82, 2.24) is 19.8 Å². The second-order valence-electron chi connectivity index (χ2n) is 6.03. The fourth-order valence-corrected chi connectivity index (χ4v) is 3.33. The number of ether oxygens (including phenoxy) is 1. The summed E-state index contributed by atoms with van der Waals surface area (Å²) in [6.45, 7) is 9.41. The van der Waals surface area contributed by atoms with Crippen molar-refractivity contribution in [3.8, 4) is 0 Å². The molecule has 0 saturated carbocycles. The van der Waals surface area contributed by atoms with Crippen LogP contribution in [-0.2, 0) is 11.3 Å². The Balaban J connectivity index is 1.58. The second kappa shape index (κ2) is 6.70. The summed E-state index contributed by atoms with van der Waals surface area (Å²) < 4.78 is 5.45. The monoisotopic (exact) mass is 278 g/mol. The average molecular weight is 278 g/mol. The van der Waals surface area contributed by atoms with Gasteiger partial charge in [-0.15, -0.1) is 0 Å². The van der Waals surface area contributed by atoms with Crippen LogP contribution in [0.25, 0.3) is 0 Å². The van der Waals surface area contributed by atoms with Gasteiger partial charge in [0.2, 0.25) is 0 Å². The van der Waals surface area contributed by atoms with Crippen molar-refractivity contribution in [2.24, 2.45) is 0 Å². The zero-order valence-corrected chi connectivity index (χ0v) is 12.5. The van der Waals surface area contributed by atoms with Gasteiger partial charge in [-0.2, -0.15) is 0 Å². The highest BCUT2D eigenvalue weighted by Gasteiger charge is 2.25. The molecule has 2 fully saturated rings. The van der Waals surface area contributed by atoms with Crippen LogP contribution < -0.4 is 0 Å². The van der Waals surface area contributed by atoms with Gasteiger partial charge in [0.05, 0.1) is 13.2 Å². The lowest BCUT2D eigenvalue weighted by atomic mass is 10.0. The Bertz CT molecular complexity index is 414. The highest BCUT2D eigenvalue weighted by atomic mass is 16.5. The summed E-state index contributed by atoms with van der Waals surface area (Å²) in [7, 11) is 0. The van der Waals surface area contributed by atoms with Crippen molar-refractivity contribution in [2.45, 2.75) is 38.8 Å². The number of morpholine rings is 1. The van der Waals surface area contributed by atoms with Crippen molar-refractivity contribution in [2.75, 3.05) is 39.4 Å². The van der Waals surface area contributed by atoms with Crippen LogP contribution in [0.3, 0.4) is 0 Å². The first-order valence-electron chi connectivity index (χ1n) is 7.86. The van der Waals surface area contributed by atoms with Gasteiger partial charge in [0.15, 0.2) is 0 Å². The number of nitrogens with zero attached hydrogens (tertiary/aromatic N) is 3. The summed E-state index contributed by atoms with van der Waals surface area (Å²) in [6.07, 6.45) is 6.00. The topological polar surface area (TPSA) is 44.4 Å². The largest absolute Gasteiger partial charge is 0.379 e. The van der Waals surface area contributed by atoms with E-state index in [1.54, 1.807) is 0 Å². The van der Waals surface area contributed by atoms with E-state index in [2.05, 4.69) is 19.8 Å². The number of rotatable bonds is 4. The predicted octanol–water partition coefficient (Wildman–Crippen LogP) is 1.40. The van der Waals surface area contributed by atoms with Crippen LogP contribution in [0.1, 0.15) is 30.8 Å². The molecule has 1 atom stereocenters. The Morgan fingerprint density at radius 3 is 2.90 bits per heavy atom. The minimum absolute atomic E-state index is 0.686. The number of nitrogens with one attached hydrogen (secondary N) is 1. The summed E-state index contributed by atoms with van der Waals surface area (Å²) in [4.78, 5) is 12.9. The van der Waals surface area contributed by atoms with Gasteiger partial charge in [0.1, 0.15) is 5.82 Å². The molecule has 0 aromatic carbocycles. The summed E-state index contributed by atoms with van der Waals surface area (Å²) in [5.74, 6) is 1.02. The Labute approximate surface area is 121 Å². The highest BCUT2D eigenvalue weighted by Crippen LogP contribution is 2.20. The van der Waals surface area contributed by atoms with Crippen molar-refractivity contribution >= 4 is 0 Å². The molecular weight excluding hydrogens is 252 g/mol. The number of aromatic amines is 1. The molecule has 1 aromatic heterocycles. The summed E-state index contributed by atoms with van der Waals surface area (Å²) >= 11 is 0. The molecule has 1 N–H and O–H groups in total. The molecule has 0 spiro atoms. The first-order chi connectivity index (χ1) is 9.81. The molecule has 0 amide bonds. The molecule has 5 nitrogen and oxygen atoms in total. The van der Waals surface area contributed by atoms with Crippen LogP contribution in [0, 0.1) is 6.92 Å². The van der Waals surface area contributed by atoms with Crippen LogP contribution in [0.2, 0.25) is 0 Å². The third kappa shape index (κ3) is 3.59. The van der Waals surface area contributed by atoms with Gasteiger partial charge >= 0.3 is 0 Å². The van der Waals surface area contributed by atoms with Crippen molar-refractivity contribution in [1.29, 1.82) is 0 Å². The Morgan fingerprint density at radius 1 is 1.30 bits per heavy atom. The quantitative estimate of drug-likeness (QED) is 0.904. The molecule has 0 radical (unpaired) electrons. The number of likely N-dealkylation sites (tertiary alicyclic amines) is 1. The summed E-state index contributed by atoms with van der Waals surface area (Å²) in [5.41, 5.74) is 1.25. The minimum atomic E-state index is 0.686. The van der Waals surface area contributed by atoms with Gasteiger partial charge in [-0.05, 0) is 26.3 Å². The Hall–Kier alpha value is -0.910. The van der Waals surface area contributed by atoms with Gasteiger partial charge in [0, 0.05) is 44.1 Å². The van der Waals surface area contributed by atoms with Gasteiger partial charge < -0.3 is 9.72 Å². The number of piperidine rings is 1. The molecular formula is C15H26N4O. The molecule has 2 saturated heterocycles. The van der Waals surface area contributed by atoms with Crippen molar-refractivity contribution < 1.29 is 4.74 Å². The zero-order chi connectivity index (χ0) is 13.8. The van der Waals surface area contributed by atoms with E-state index in [9.17, 15) is 0 Å². The zero-order valence-electron chi connectivity index (χ0n) is 12.5. The molecule has 0 aliphatic carbocycles. The fourth-order valence-electron chi connectivity index (χ4n) is 3.33. The third-order valence-electron chi connectivity index (χ3n) is 4.45. The summed E-state index contributed by atoms with van der Waals surface area (Å²) in [5, 5.41) is 0. The number of hydrogen-bond donors (Lipinski definition) is 1. The molecule has 5 heteroatoms. The maximum absolute atomic E-state index is 5.45. The second-order valence-corrected chi connectivity index (χ2v) is 6.03. The Morgan fingerprint density at radius 2 is 2.15 bits per heavy atom. The first-order valence-corrected chi connectivity index (χ1v) is 7.86. The van der Waals surface area contributed by atoms with Crippen LogP contribution >= 0.6 is 0 Å². The van der Waals surface area contributed by atoms with Crippen LogP contribution in [0.4, 0.5) is 0 Å². The van der Waals surface area contributed by atoms with E-state index in [0.29, 0.717) is 6.04 Å². The summed E-state index contributed by atoms with van der Waals surface area (Å²) in [6, 6.07) is 0.686. The van der Waals surface area contributed by atoms with Gasteiger partial charge in [-0.3, -0.25) is 9.80 Å². The van der Waals surface area contributed by atoms with Gasteiger partial charge in [-0.1, -0.05) is 6.42 Å². The first kappa shape index (κ1) is 14.0. The third-order valence-corrected chi connectivity index (χ3v) is 4.45. The number of aryl methyl sites for hydroxylation is 1. The van der Waals surface area contributed by atoms with E-state index in [0.717, 1.165) is 38.7 Å². The molecule has 0 unspecified atom stereocenters. The average Bonchev–Trinajstić information content (AvgIpc) is 2.88. The van der Waals surface area contributed by atoms with E-state index < -0.39 is 0 Å². The number of H-pyrrole nitrogens is 1. The maximum atomic E-state index is 5.45. The number of imidazole rings is 1. The Kier molecular flexibility index (Phi) is 4.70. The fraction of sp³-hybridized carbons (Fsp3) is 0.800. The molecule has 2 aliphatic heterocycles. The molecule has 1 aromatic rings. The smallest absolute Gasteiger partial charge is 0.103 e. The normalized spacial score (nSPS) is 25.9. The van der Waals surface area contributed by atoms with Crippen LogP contribution in [-0.4, -0.2) is 65.2 Å². The van der Waals surface area contributed by atoms with Crippen molar-refractivity contribution in [3.63, 3.8) is 0 Å². The lowest BCUT2D eigenvalue weighted by Crippen LogP contribution is -2.49.